The summed E-state index contributed by atoms with van der Waals surface area (Å²) in [6, 6.07) is 17.1. The molecule has 1 N–H and O–H groups in total. The molecule has 1 unspecified atom stereocenters. The lowest BCUT2D eigenvalue weighted by atomic mass is 9.95. The van der Waals surface area contributed by atoms with Crippen LogP contribution < -0.4 is 19.1 Å². The molecule has 0 aliphatic carbocycles. The number of aliphatic hydroxyl groups excluding tert-OH is 1. The summed E-state index contributed by atoms with van der Waals surface area (Å²) in [6.45, 7) is 7.22. The van der Waals surface area contributed by atoms with E-state index in [0.717, 1.165) is 41.5 Å². The number of anilines is 1. The Bertz CT molecular complexity index is 1680. The number of aryl methyl sites for hydroxylation is 1. The summed E-state index contributed by atoms with van der Waals surface area (Å²) in [5.41, 5.74) is 2.70. The number of Topliss-reactive ketones (excluding diaryl/α,β-unsaturated/α-hetero) is 1. The van der Waals surface area contributed by atoms with Crippen LogP contribution in [0.5, 0.6) is 17.2 Å². The van der Waals surface area contributed by atoms with Gasteiger partial charge in [-0.15, -0.1) is 0 Å². The van der Waals surface area contributed by atoms with Crippen LogP contribution in [0.15, 0.2) is 66.2 Å². The fraction of sp³-hybridized carbons (Fsp3) is 0.324. The van der Waals surface area contributed by atoms with E-state index in [2.05, 4.69) is 13.8 Å². The van der Waals surface area contributed by atoms with Crippen molar-refractivity contribution in [2.45, 2.75) is 52.5 Å². The van der Waals surface area contributed by atoms with Crippen LogP contribution in [0.25, 0.3) is 16.0 Å². The Balaban J connectivity index is 1.65. The second-order valence-corrected chi connectivity index (χ2v) is 11.5. The van der Waals surface area contributed by atoms with Gasteiger partial charge in [0, 0.05) is 5.56 Å². The van der Waals surface area contributed by atoms with Gasteiger partial charge in [0.25, 0.3) is 5.78 Å². The summed E-state index contributed by atoms with van der Waals surface area (Å²) in [5.74, 6) is -0.252. The number of hydrogen-bond donors (Lipinski definition) is 1. The molecule has 0 radical (unpaired) electrons. The largest absolute Gasteiger partial charge is 0.507 e. The minimum absolute atomic E-state index is 0.0344. The highest BCUT2D eigenvalue weighted by Crippen LogP contribution is 2.46. The van der Waals surface area contributed by atoms with Crippen molar-refractivity contribution >= 4 is 44.1 Å². The number of benzene rings is 3. The van der Waals surface area contributed by atoms with Crippen molar-refractivity contribution in [3.63, 3.8) is 0 Å². The molecular formula is C34H36N2O6S. The quantitative estimate of drug-likeness (QED) is 0.0774. The first kappa shape index (κ1) is 30.1. The van der Waals surface area contributed by atoms with E-state index in [-0.39, 0.29) is 11.3 Å². The summed E-state index contributed by atoms with van der Waals surface area (Å²) in [6.07, 6.45) is 3.76. The molecule has 0 bridgehead atoms. The number of amides is 1. The van der Waals surface area contributed by atoms with E-state index in [9.17, 15) is 14.7 Å². The average molecular weight is 601 g/mol. The molecule has 4 aromatic rings. The highest BCUT2D eigenvalue weighted by atomic mass is 32.1. The van der Waals surface area contributed by atoms with Crippen LogP contribution in [0.1, 0.15) is 62.3 Å². The van der Waals surface area contributed by atoms with Gasteiger partial charge in [-0.1, -0.05) is 62.3 Å². The summed E-state index contributed by atoms with van der Waals surface area (Å²) in [7, 11) is 1.54. The fourth-order valence-electron chi connectivity index (χ4n) is 4.99. The molecule has 1 aromatic heterocycles. The number of carbonyl (C=O) groups excluding carboxylic acids is 2. The third-order valence-corrected chi connectivity index (χ3v) is 8.33. The van der Waals surface area contributed by atoms with E-state index in [1.807, 2.05) is 25.1 Å². The zero-order valence-electron chi connectivity index (χ0n) is 24.9. The number of aliphatic hydroxyl groups is 1. The van der Waals surface area contributed by atoms with E-state index in [4.69, 9.17) is 19.2 Å². The molecule has 5 rings (SSSR count). The van der Waals surface area contributed by atoms with E-state index in [1.54, 1.807) is 49.6 Å². The van der Waals surface area contributed by atoms with E-state index in [0.29, 0.717) is 46.7 Å². The van der Waals surface area contributed by atoms with Crippen molar-refractivity contribution in [2.75, 3.05) is 25.2 Å². The van der Waals surface area contributed by atoms with Crippen molar-refractivity contribution < 1.29 is 28.9 Å². The minimum Gasteiger partial charge on any atom is -0.507 e. The van der Waals surface area contributed by atoms with Gasteiger partial charge < -0.3 is 19.3 Å². The summed E-state index contributed by atoms with van der Waals surface area (Å²) >= 11 is 1.32. The number of nitrogens with zero attached hydrogens (tertiary/aromatic N) is 2. The van der Waals surface area contributed by atoms with Gasteiger partial charge in [-0.2, -0.15) is 0 Å². The molecule has 3 aromatic carbocycles. The number of hydrogen-bond acceptors (Lipinski definition) is 8. The number of carbonyl (C=O) groups is 2. The van der Waals surface area contributed by atoms with Crippen LogP contribution in [0, 0.1) is 6.92 Å². The maximum atomic E-state index is 13.7. The lowest BCUT2D eigenvalue weighted by molar-refractivity contribution is -0.132. The number of methoxy groups -OCH3 is 1. The Morgan fingerprint density at radius 1 is 0.953 bits per heavy atom. The second-order valence-electron chi connectivity index (χ2n) is 10.5. The van der Waals surface area contributed by atoms with Crippen LogP contribution in [0.3, 0.4) is 0 Å². The predicted octanol–water partition coefficient (Wildman–Crippen LogP) is 7.60. The fourth-order valence-corrected chi connectivity index (χ4v) is 6.08. The van der Waals surface area contributed by atoms with E-state index < -0.39 is 17.7 Å². The smallest absolute Gasteiger partial charge is 0.301 e. The molecule has 0 spiro atoms. The van der Waals surface area contributed by atoms with Gasteiger partial charge in [-0.3, -0.25) is 14.5 Å². The second kappa shape index (κ2) is 13.3. The van der Waals surface area contributed by atoms with Crippen LogP contribution in [-0.4, -0.2) is 42.1 Å². The molecule has 8 nitrogen and oxygen atoms in total. The number of fused-ring (bicyclic) bond motifs is 1. The van der Waals surface area contributed by atoms with Gasteiger partial charge in [0.15, 0.2) is 16.6 Å². The number of thiazole rings is 1. The lowest BCUT2D eigenvalue weighted by Crippen LogP contribution is -2.29. The highest BCUT2D eigenvalue weighted by molar-refractivity contribution is 7.22. The van der Waals surface area contributed by atoms with Crippen LogP contribution >= 0.6 is 11.3 Å². The van der Waals surface area contributed by atoms with Gasteiger partial charge in [0.05, 0.1) is 42.2 Å². The third-order valence-electron chi connectivity index (χ3n) is 7.32. The SMILES string of the molecule is CCCCOc1cccc(/C(O)=C2\C(=O)C(=O)N(c3nc4ccc(C)cc4s3)C2c2ccc(OCCCC)c(OC)c2)c1. The van der Waals surface area contributed by atoms with Crippen LogP contribution in [0.2, 0.25) is 0 Å². The Kier molecular flexibility index (Phi) is 9.31. The van der Waals surface area contributed by atoms with Gasteiger partial charge in [0.1, 0.15) is 11.5 Å². The molecule has 43 heavy (non-hydrogen) atoms. The Morgan fingerprint density at radius 3 is 2.47 bits per heavy atom. The molecule has 0 saturated carbocycles. The number of ketones is 1. The van der Waals surface area contributed by atoms with Crippen LogP contribution in [-0.2, 0) is 9.59 Å². The summed E-state index contributed by atoms with van der Waals surface area (Å²) in [5, 5.41) is 12.0. The average Bonchev–Trinajstić information content (AvgIpc) is 3.54. The Morgan fingerprint density at radius 2 is 1.72 bits per heavy atom. The number of unbranched alkanes of at least 4 members (excludes halogenated alkanes) is 2. The topological polar surface area (TPSA) is 98.2 Å². The molecular weight excluding hydrogens is 564 g/mol. The number of ether oxygens (including phenoxy) is 3. The molecule has 2 heterocycles. The standard InChI is InChI=1S/C34H36N2O6S/c1-5-7-16-41-24-11-9-10-23(19-24)31(37)29-30(22-13-15-26(27(20-22)40-4)42-17-8-6-2)36(33(39)32(29)38)34-35-25-14-12-21(3)18-28(25)43-34/h9-15,18-20,30,37H,5-8,16-17H2,1-4H3/b31-29+. The molecule has 1 atom stereocenters. The summed E-state index contributed by atoms with van der Waals surface area (Å²) < 4.78 is 18.3. The Hall–Kier alpha value is -4.37. The third kappa shape index (κ3) is 6.22. The summed E-state index contributed by atoms with van der Waals surface area (Å²) in [4.78, 5) is 33.6. The number of aromatic nitrogens is 1. The maximum Gasteiger partial charge on any atom is 0.301 e. The molecule has 224 valence electrons. The molecule has 1 amide bonds. The van der Waals surface area contributed by atoms with Crippen molar-refractivity contribution in [2.24, 2.45) is 0 Å². The first-order valence-electron chi connectivity index (χ1n) is 14.6. The van der Waals surface area contributed by atoms with Crippen LogP contribution in [0.4, 0.5) is 5.13 Å². The highest BCUT2D eigenvalue weighted by Gasteiger charge is 2.48. The van der Waals surface area contributed by atoms with Gasteiger partial charge in [0.2, 0.25) is 0 Å². The van der Waals surface area contributed by atoms with Gasteiger partial charge in [-0.25, -0.2) is 4.98 Å². The maximum absolute atomic E-state index is 13.7. The first-order valence-corrected chi connectivity index (χ1v) is 15.4. The van der Waals surface area contributed by atoms with Crippen molar-refractivity contribution in [3.8, 4) is 17.2 Å². The van der Waals surface area contributed by atoms with E-state index in [1.165, 1.54) is 16.2 Å². The minimum atomic E-state index is -0.954. The zero-order chi connectivity index (χ0) is 30.5. The Labute approximate surface area is 255 Å². The van der Waals surface area contributed by atoms with Crippen molar-refractivity contribution in [1.82, 2.24) is 4.98 Å². The molecule has 1 fully saturated rings. The van der Waals surface area contributed by atoms with E-state index >= 15 is 0 Å². The molecule has 1 aliphatic heterocycles. The molecule has 1 saturated heterocycles. The zero-order valence-corrected chi connectivity index (χ0v) is 25.7. The molecule has 1 aliphatic rings. The first-order chi connectivity index (χ1) is 20.9. The van der Waals surface area contributed by atoms with Crippen molar-refractivity contribution in [3.05, 3.63) is 82.9 Å². The monoisotopic (exact) mass is 600 g/mol. The molecule has 9 heteroatoms. The van der Waals surface area contributed by atoms with Gasteiger partial charge in [-0.05, 0) is 67.3 Å². The number of rotatable bonds is 12. The normalized spacial score (nSPS) is 16.2. The van der Waals surface area contributed by atoms with Gasteiger partial charge >= 0.3 is 5.91 Å². The van der Waals surface area contributed by atoms with Crippen molar-refractivity contribution in [1.29, 1.82) is 0 Å². The lowest BCUT2D eigenvalue weighted by Gasteiger charge is -2.24. The predicted molar refractivity (Wildman–Crippen MR) is 169 cm³/mol.